The van der Waals surface area contributed by atoms with Gasteiger partial charge in [-0.3, -0.25) is 4.79 Å². The highest BCUT2D eigenvalue weighted by Crippen LogP contribution is 2.46. The molecule has 3 nitrogen and oxygen atoms in total. The van der Waals surface area contributed by atoms with Gasteiger partial charge in [0.25, 0.3) is 0 Å². The van der Waals surface area contributed by atoms with Crippen molar-refractivity contribution in [1.82, 2.24) is 0 Å². The molecule has 0 spiro atoms. The Morgan fingerprint density at radius 1 is 0.658 bits per heavy atom. The Bertz CT molecular complexity index is 795. The van der Waals surface area contributed by atoms with Crippen LogP contribution in [0.3, 0.4) is 0 Å². The summed E-state index contributed by atoms with van der Waals surface area (Å²) < 4.78 is 5.58. The van der Waals surface area contributed by atoms with Gasteiger partial charge in [0.1, 0.15) is 0 Å². The average Bonchev–Trinajstić information content (AvgIpc) is 2.83. The maximum absolute atomic E-state index is 12.1. The van der Waals surface area contributed by atoms with E-state index < -0.39 is 0 Å². The average molecular weight is 531 g/mol. The van der Waals surface area contributed by atoms with Crippen molar-refractivity contribution in [3.8, 4) is 11.5 Å². The third kappa shape index (κ3) is 13.0. The fraction of sp³-hybridized carbons (Fsp3) is 0.800. The highest BCUT2D eigenvalue weighted by molar-refractivity contribution is 5.74. The third-order valence-corrected chi connectivity index (χ3v) is 7.66. The summed E-state index contributed by atoms with van der Waals surface area (Å²) in [6, 6.07) is 1.93. The van der Waals surface area contributed by atoms with Crippen LogP contribution in [0.15, 0.2) is 6.07 Å². The van der Waals surface area contributed by atoms with E-state index in [1.54, 1.807) is 6.92 Å². The van der Waals surface area contributed by atoms with Crippen LogP contribution in [0.5, 0.6) is 11.5 Å². The van der Waals surface area contributed by atoms with Crippen LogP contribution in [0.2, 0.25) is 0 Å². The van der Waals surface area contributed by atoms with Gasteiger partial charge in [-0.05, 0) is 40.9 Å². The molecule has 0 heterocycles. The Labute approximate surface area is 236 Å². The van der Waals surface area contributed by atoms with Crippen LogP contribution in [0.25, 0.3) is 0 Å². The summed E-state index contributed by atoms with van der Waals surface area (Å²) in [5.41, 5.74) is 2.96. The van der Waals surface area contributed by atoms with E-state index in [0.29, 0.717) is 12.2 Å². The Morgan fingerprint density at radius 2 is 1.05 bits per heavy atom. The van der Waals surface area contributed by atoms with Crippen molar-refractivity contribution >= 4 is 5.97 Å². The van der Waals surface area contributed by atoms with Gasteiger partial charge >= 0.3 is 5.97 Å². The predicted molar refractivity (Wildman–Crippen MR) is 165 cm³/mol. The van der Waals surface area contributed by atoms with E-state index in [9.17, 15) is 9.90 Å². The quantitative estimate of drug-likeness (QED) is 0.110. The second-order valence-electron chi connectivity index (χ2n) is 13.5. The molecule has 0 bridgehead atoms. The maximum Gasteiger partial charge on any atom is 0.311 e. The van der Waals surface area contributed by atoms with Gasteiger partial charge in [0.2, 0.25) is 0 Å². The lowest BCUT2D eigenvalue weighted by molar-refractivity contribution is -0.134. The number of esters is 1. The lowest BCUT2D eigenvalue weighted by Crippen LogP contribution is -2.25. The van der Waals surface area contributed by atoms with E-state index in [-0.39, 0.29) is 22.5 Å². The number of rotatable bonds is 19. The standard InChI is InChI=1S/C35H62O3/c1-9-11-12-13-14-15-16-17-18-19-20-21-22-23-24-25-26-28-27-29(38-30(36)10-2)33(37)32(35(6,7)8)31(28)34(3,4)5/h27,37H,9-26H2,1-8H3. The van der Waals surface area contributed by atoms with E-state index >= 15 is 0 Å². The molecule has 0 amide bonds. The Kier molecular flexibility index (Phi) is 16.3. The summed E-state index contributed by atoms with van der Waals surface area (Å²) in [5.74, 6) is 0.137. The molecule has 0 aliphatic rings. The first-order valence-electron chi connectivity index (χ1n) is 16.0. The minimum absolute atomic E-state index is 0.113. The summed E-state index contributed by atoms with van der Waals surface area (Å²) in [4.78, 5) is 12.1. The molecule has 0 atom stereocenters. The summed E-state index contributed by atoms with van der Waals surface area (Å²) in [6.45, 7) is 17.1. The zero-order valence-corrected chi connectivity index (χ0v) is 26.6. The fourth-order valence-corrected chi connectivity index (χ4v) is 5.62. The first-order valence-corrected chi connectivity index (χ1v) is 16.0. The number of hydrogen-bond donors (Lipinski definition) is 1. The molecule has 0 saturated carbocycles. The Hall–Kier alpha value is -1.51. The molecule has 1 N–H and O–H groups in total. The van der Waals surface area contributed by atoms with Gasteiger partial charge in [-0.15, -0.1) is 0 Å². The van der Waals surface area contributed by atoms with Gasteiger partial charge in [0.05, 0.1) is 0 Å². The molecule has 0 unspecified atom stereocenters. The number of carbonyl (C=O) groups excluding carboxylic acids is 1. The monoisotopic (exact) mass is 530 g/mol. The van der Waals surface area contributed by atoms with Crippen LogP contribution >= 0.6 is 0 Å². The molecule has 0 aromatic heterocycles. The van der Waals surface area contributed by atoms with E-state index in [4.69, 9.17) is 4.74 Å². The largest absolute Gasteiger partial charge is 0.504 e. The van der Waals surface area contributed by atoms with Crippen LogP contribution in [0.4, 0.5) is 0 Å². The van der Waals surface area contributed by atoms with E-state index in [0.717, 1.165) is 18.4 Å². The molecule has 0 fully saturated rings. The van der Waals surface area contributed by atoms with E-state index in [1.165, 1.54) is 107 Å². The summed E-state index contributed by atoms with van der Waals surface area (Å²) in [5, 5.41) is 11.2. The summed E-state index contributed by atoms with van der Waals surface area (Å²) in [6.07, 6.45) is 23.1. The first kappa shape index (κ1) is 34.5. The lowest BCUT2D eigenvalue weighted by atomic mass is 9.72. The minimum Gasteiger partial charge on any atom is -0.504 e. The van der Waals surface area contributed by atoms with Gasteiger partial charge < -0.3 is 9.84 Å². The number of aryl methyl sites for hydroxylation is 1. The molecular formula is C35H62O3. The van der Waals surface area contributed by atoms with Crippen LogP contribution in [-0.2, 0) is 22.0 Å². The second-order valence-corrected chi connectivity index (χ2v) is 13.5. The van der Waals surface area contributed by atoms with Crippen LogP contribution in [0.1, 0.15) is 181 Å². The Balaban J connectivity index is 2.53. The molecule has 3 heteroatoms. The van der Waals surface area contributed by atoms with Crippen molar-refractivity contribution in [1.29, 1.82) is 0 Å². The van der Waals surface area contributed by atoms with Gasteiger partial charge in [0, 0.05) is 12.0 Å². The number of carbonyl (C=O) groups is 1. The van der Waals surface area contributed by atoms with Crippen molar-refractivity contribution in [2.75, 3.05) is 0 Å². The normalized spacial score (nSPS) is 12.2. The highest BCUT2D eigenvalue weighted by atomic mass is 16.5. The molecule has 1 rings (SSSR count). The number of hydrogen-bond acceptors (Lipinski definition) is 3. The zero-order valence-electron chi connectivity index (χ0n) is 26.6. The van der Waals surface area contributed by atoms with Crippen molar-refractivity contribution in [3.63, 3.8) is 0 Å². The van der Waals surface area contributed by atoms with Crippen molar-refractivity contribution < 1.29 is 14.6 Å². The maximum atomic E-state index is 12.1. The zero-order chi connectivity index (χ0) is 28.6. The lowest BCUT2D eigenvalue weighted by Gasteiger charge is -2.34. The number of phenolic OH excluding ortho intramolecular Hbond substituents is 1. The highest BCUT2D eigenvalue weighted by Gasteiger charge is 2.33. The van der Waals surface area contributed by atoms with Gasteiger partial charge in [-0.2, -0.15) is 0 Å². The van der Waals surface area contributed by atoms with E-state index in [2.05, 4.69) is 48.5 Å². The Morgan fingerprint density at radius 3 is 1.42 bits per heavy atom. The molecule has 38 heavy (non-hydrogen) atoms. The minimum atomic E-state index is -0.308. The van der Waals surface area contributed by atoms with Crippen molar-refractivity contribution in [2.45, 2.75) is 182 Å². The number of benzene rings is 1. The second kappa shape index (κ2) is 18.0. The molecule has 1 aromatic carbocycles. The number of aromatic hydroxyl groups is 1. The van der Waals surface area contributed by atoms with Gasteiger partial charge in [0.15, 0.2) is 11.5 Å². The number of unbranched alkanes of at least 4 members (excludes halogenated alkanes) is 15. The topological polar surface area (TPSA) is 46.5 Å². The molecule has 0 aliphatic heterocycles. The van der Waals surface area contributed by atoms with Crippen LogP contribution in [-0.4, -0.2) is 11.1 Å². The molecule has 1 aromatic rings. The van der Waals surface area contributed by atoms with E-state index in [1.807, 2.05) is 6.07 Å². The van der Waals surface area contributed by atoms with Gasteiger partial charge in [-0.1, -0.05) is 152 Å². The molecular weight excluding hydrogens is 468 g/mol. The van der Waals surface area contributed by atoms with Crippen LogP contribution in [0, 0.1) is 0 Å². The molecule has 0 aliphatic carbocycles. The van der Waals surface area contributed by atoms with Crippen molar-refractivity contribution in [3.05, 3.63) is 22.8 Å². The SMILES string of the molecule is CCCCCCCCCCCCCCCCCCc1cc(OC(=O)CC)c(O)c(C(C)(C)C)c1C(C)(C)C. The van der Waals surface area contributed by atoms with Crippen LogP contribution < -0.4 is 4.74 Å². The smallest absolute Gasteiger partial charge is 0.311 e. The molecule has 220 valence electrons. The summed E-state index contributed by atoms with van der Waals surface area (Å²) in [7, 11) is 0. The summed E-state index contributed by atoms with van der Waals surface area (Å²) >= 11 is 0. The number of phenols is 1. The van der Waals surface area contributed by atoms with Crippen molar-refractivity contribution in [2.24, 2.45) is 0 Å². The fourth-order valence-electron chi connectivity index (χ4n) is 5.62. The number of ether oxygens (including phenoxy) is 1. The third-order valence-electron chi connectivity index (χ3n) is 7.66. The molecule has 0 saturated heterocycles. The predicted octanol–water partition coefficient (Wildman–Crippen LogP) is 11.1. The first-order chi connectivity index (χ1) is 17.9. The van der Waals surface area contributed by atoms with Gasteiger partial charge in [-0.25, -0.2) is 0 Å². The molecule has 0 radical (unpaired) electrons.